The lowest BCUT2D eigenvalue weighted by molar-refractivity contribution is -0.537. The predicted molar refractivity (Wildman–Crippen MR) is 73.9 cm³/mol. The Hall–Kier alpha value is -2.60. The first kappa shape index (κ1) is 11.2. The number of aromatic nitrogens is 2. The van der Waals surface area contributed by atoms with Crippen molar-refractivity contribution in [3.05, 3.63) is 53.7 Å². The molecule has 0 bridgehead atoms. The van der Waals surface area contributed by atoms with Crippen LogP contribution in [0.2, 0.25) is 0 Å². The van der Waals surface area contributed by atoms with Gasteiger partial charge >= 0.3 is 11.9 Å². The van der Waals surface area contributed by atoms with Crippen molar-refractivity contribution < 1.29 is 14.2 Å². The molecule has 0 spiro atoms. The van der Waals surface area contributed by atoms with Crippen molar-refractivity contribution in [2.24, 2.45) is 0 Å². The zero-order chi connectivity index (χ0) is 13.7. The first-order valence-electron chi connectivity index (χ1n) is 5.99. The number of fused-ring (bicyclic) bond motifs is 3. The summed E-state index contributed by atoms with van der Waals surface area (Å²) >= 11 is 1.35. The van der Waals surface area contributed by atoms with Crippen LogP contribution in [0.5, 0.6) is 0 Å². The largest absolute Gasteiger partial charge is 0.513 e. The van der Waals surface area contributed by atoms with E-state index in [1.54, 1.807) is 12.1 Å². The number of benzene rings is 1. The highest BCUT2D eigenvalue weighted by Gasteiger charge is 2.48. The summed E-state index contributed by atoms with van der Waals surface area (Å²) in [6.07, 6.45) is 1.45. The number of hydrogen-bond acceptors (Lipinski definition) is 4. The predicted octanol–water partition coefficient (Wildman–Crippen LogP) is 2.21. The summed E-state index contributed by atoms with van der Waals surface area (Å²) in [7, 11) is 0. The zero-order valence-corrected chi connectivity index (χ0v) is 11.0. The molecule has 2 amide bonds. The Morgan fingerprint density at radius 2 is 1.95 bits per heavy atom. The molecule has 6 heteroatoms. The van der Waals surface area contributed by atoms with Crippen LogP contribution in [0.4, 0.5) is 9.80 Å². The second kappa shape index (κ2) is 3.94. The highest BCUT2D eigenvalue weighted by Crippen LogP contribution is 2.26. The summed E-state index contributed by atoms with van der Waals surface area (Å²) in [5, 5.41) is 2.45. The third-order valence-electron chi connectivity index (χ3n) is 3.22. The lowest BCUT2D eigenvalue weighted by Crippen LogP contribution is -2.46. The number of nitrogens with zero attached hydrogens (tertiary/aromatic N) is 3. The van der Waals surface area contributed by atoms with Gasteiger partial charge in [0.15, 0.2) is 10.5 Å². The van der Waals surface area contributed by atoms with Gasteiger partial charge in [-0.15, -0.1) is 20.8 Å². The standard InChI is InChI=1S/C14H8N3O2S/c18-13-11-8-15-9-4-1-2-5-10(9)16(11)14(19)17(13)12-6-3-7-20-12/h1-8H/q+1. The van der Waals surface area contributed by atoms with Gasteiger partial charge in [-0.1, -0.05) is 12.1 Å². The van der Waals surface area contributed by atoms with Crippen molar-refractivity contribution in [3.8, 4) is 0 Å². The molecule has 1 aliphatic rings. The number of amides is 2. The summed E-state index contributed by atoms with van der Waals surface area (Å²) < 4.78 is 1.42. The van der Waals surface area contributed by atoms with Crippen molar-refractivity contribution >= 4 is 39.3 Å². The normalized spacial score (nSPS) is 14.1. The molecule has 5 nitrogen and oxygen atoms in total. The molecular weight excluding hydrogens is 274 g/mol. The van der Waals surface area contributed by atoms with Gasteiger partial charge in [0, 0.05) is 0 Å². The minimum atomic E-state index is -0.356. The lowest BCUT2D eigenvalue weighted by Gasteiger charge is -2.00. The van der Waals surface area contributed by atoms with Gasteiger partial charge in [0.25, 0.3) is 0 Å². The maximum Gasteiger partial charge on any atom is 0.513 e. The van der Waals surface area contributed by atoms with Gasteiger partial charge < -0.3 is 0 Å². The van der Waals surface area contributed by atoms with E-state index in [1.807, 2.05) is 29.6 Å². The molecule has 0 saturated heterocycles. The van der Waals surface area contributed by atoms with E-state index < -0.39 is 0 Å². The van der Waals surface area contributed by atoms with Crippen LogP contribution in [0.1, 0.15) is 10.5 Å². The number of hydrogen-bond donors (Lipinski definition) is 0. The Balaban J connectivity index is 2.00. The molecule has 1 aromatic carbocycles. The third kappa shape index (κ3) is 1.36. The van der Waals surface area contributed by atoms with Crippen molar-refractivity contribution in [2.75, 3.05) is 4.90 Å². The molecule has 4 rings (SSSR count). The molecular formula is C14H8N3O2S+. The number of anilines is 1. The molecule has 3 aromatic rings. The maximum absolute atomic E-state index is 12.6. The average Bonchev–Trinajstić information content (AvgIpc) is 3.07. The topological polar surface area (TPSA) is 54.2 Å². The van der Waals surface area contributed by atoms with Gasteiger partial charge in [0.05, 0.1) is 6.20 Å². The van der Waals surface area contributed by atoms with Crippen LogP contribution >= 0.6 is 11.3 Å². The van der Waals surface area contributed by atoms with Crippen LogP contribution in [0.3, 0.4) is 0 Å². The zero-order valence-electron chi connectivity index (χ0n) is 10.2. The molecule has 0 N–H and O–H groups in total. The Kier molecular flexibility index (Phi) is 2.22. The van der Waals surface area contributed by atoms with Crippen LogP contribution in [-0.4, -0.2) is 16.9 Å². The number of para-hydroxylation sites is 2. The van der Waals surface area contributed by atoms with Crippen molar-refractivity contribution in [1.29, 1.82) is 0 Å². The van der Waals surface area contributed by atoms with Crippen molar-refractivity contribution in [3.63, 3.8) is 0 Å². The summed E-state index contributed by atoms with van der Waals surface area (Å²) in [5.74, 6) is -0.337. The quantitative estimate of drug-likeness (QED) is 0.643. The Labute approximate surface area is 117 Å². The van der Waals surface area contributed by atoms with Crippen LogP contribution in [0.25, 0.3) is 11.0 Å². The first-order valence-corrected chi connectivity index (χ1v) is 6.87. The van der Waals surface area contributed by atoms with E-state index in [-0.39, 0.29) is 11.9 Å². The molecule has 0 fully saturated rings. The van der Waals surface area contributed by atoms with Gasteiger partial charge in [0.2, 0.25) is 5.69 Å². The maximum atomic E-state index is 12.6. The average molecular weight is 282 g/mol. The van der Waals surface area contributed by atoms with E-state index in [9.17, 15) is 9.59 Å². The van der Waals surface area contributed by atoms with Crippen LogP contribution in [-0.2, 0) is 0 Å². The highest BCUT2D eigenvalue weighted by molar-refractivity contribution is 7.14. The monoisotopic (exact) mass is 282 g/mol. The summed E-state index contributed by atoms with van der Waals surface area (Å²) in [5.41, 5.74) is 1.62. The molecule has 3 heterocycles. The van der Waals surface area contributed by atoms with Crippen LogP contribution in [0.15, 0.2) is 48.0 Å². The van der Waals surface area contributed by atoms with Gasteiger partial charge in [-0.2, -0.15) is 4.79 Å². The molecule has 0 atom stereocenters. The number of carbonyl (C=O) groups is 2. The summed E-state index contributed by atoms with van der Waals surface area (Å²) in [6, 6.07) is 10.5. The molecule has 0 unspecified atom stereocenters. The molecule has 0 saturated carbocycles. The molecule has 1 aliphatic heterocycles. The third-order valence-corrected chi connectivity index (χ3v) is 4.07. The fourth-order valence-electron chi connectivity index (χ4n) is 2.33. The minimum Gasteiger partial charge on any atom is -0.248 e. The fraction of sp³-hybridized carbons (Fsp3) is 0. The van der Waals surface area contributed by atoms with E-state index in [1.165, 1.54) is 27.0 Å². The van der Waals surface area contributed by atoms with Gasteiger partial charge in [0.1, 0.15) is 5.52 Å². The number of thiophene rings is 1. The Bertz CT molecular complexity index is 858. The fourth-order valence-corrected chi connectivity index (χ4v) is 3.05. The Morgan fingerprint density at radius 3 is 2.75 bits per heavy atom. The van der Waals surface area contributed by atoms with E-state index in [0.29, 0.717) is 21.7 Å². The molecule has 2 aromatic heterocycles. The number of carbonyl (C=O) groups excluding carboxylic acids is 2. The number of imide groups is 1. The minimum absolute atomic E-state index is 0.294. The van der Waals surface area contributed by atoms with Crippen LogP contribution in [0, 0.1) is 0 Å². The highest BCUT2D eigenvalue weighted by atomic mass is 32.1. The van der Waals surface area contributed by atoms with Gasteiger partial charge in [-0.25, -0.2) is 9.78 Å². The van der Waals surface area contributed by atoms with E-state index in [2.05, 4.69) is 4.98 Å². The van der Waals surface area contributed by atoms with E-state index >= 15 is 0 Å². The lowest BCUT2D eigenvalue weighted by atomic mass is 10.3. The molecule has 0 radical (unpaired) electrons. The van der Waals surface area contributed by atoms with Crippen molar-refractivity contribution in [2.45, 2.75) is 0 Å². The molecule has 96 valence electrons. The van der Waals surface area contributed by atoms with Gasteiger partial charge in [-0.05, 0) is 29.6 Å². The van der Waals surface area contributed by atoms with E-state index in [0.717, 1.165) is 0 Å². The Morgan fingerprint density at radius 1 is 1.10 bits per heavy atom. The summed E-state index contributed by atoms with van der Waals surface area (Å²) in [4.78, 5) is 30.4. The second-order valence-corrected chi connectivity index (χ2v) is 5.27. The SMILES string of the molecule is O=C1c2cnc3ccccc3[n+]2C(=O)N1c1cccs1. The van der Waals surface area contributed by atoms with Crippen LogP contribution < -0.4 is 9.47 Å². The molecule has 20 heavy (non-hydrogen) atoms. The van der Waals surface area contributed by atoms with Gasteiger partial charge in [-0.3, -0.25) is 0 Å². The smallest absolute Gasteiger partial charge is 0.248 e. The van der Waals surface area contributed by atoms with Crippen molar-refractivity contribution in [1.82, 2.24) is 4.98 Å². The number of rotatable bonds is 1. The van der Waals surface area contributed by atoms with E-state index in [4.69, 9.17) is 0 Å². The first-order chi connectivity index (χ1) is 9.77. The molecule has 0 aliphatic carbocycles. The summed E-state index contributed by atoms with van der Waals surface area (Å²) in [6.45, 7) is 0. The second-order valence-electron chi connectivity index (χ2n) is 4.34.